The van der Waals surface area contributed by atoms with Crippen LogP contribution >= 0.6 is 11.6 Å². The first-order valence-electron chi connectivity index (χ1n) is 10.7. The van der Waals surface area contributed by atoms with Gasteiger partial charge in [-0.05, 0) is 66.3 Å². The maximum atomic E-state index is 13.1. The van der Waals surface area contributed by atoms with Crippen molar-refractivity contribution in [3.8, 4) is 0 Å². The molecular formula is C26H24ClN3O3. The molecule has 2 aliphatic rings. The number of carbonyl (C=O) groups excluding carboxylic acids is 2. The smallest absolute Gasteiger partial charge is 0.299 e. The molecule has 0 aromatic heterocycles. The highest BCUT2D eigenvalue weighted by molar-refractivity contribution is 6.33. The molecule has 1 amide bonds. The van der Waals surface area contributed by atoms with E-state index in [1.807, 2.05) is 37.2 Å². The van der Waals surface area contributed by atoms with Crippen LogP contribution in [0.1, 0.15) is 24.8 Å². The molecule has 0 bridgehead atoms. The van der Waals surface area contributed by atoms with Crippen LogP contribution in [0.25, 0.3) is 6.08 Å². The minimum Gasteiger partial charge on any atom is -0.407 e. The highest BCUT2D eigenvalue weighted by atomic mass is 35.5. The lowest BCUT2D eigenvalue weighted by Gasteiger charge is -2.18. The average Bonchev–Trinajstić information content (AvgIpc) is 3.13. The summed E-state index contributed by atoms with van der Waals surface area (Å²) in [6.45, 7) is 0.272. The fourth-order valence-electron chi connectivity index (χ4n) is 3.81. The van der Waals surface area contributed by atoms with Crippen molar-refractivity contribution in [2.45, 2.75) is 19.3 Å². The van der Waals surface area contributed by atoms with Gasteiger partial charge in [-0.15, -0.1) is 5.10 Å². The van der Waals surface area contributed by atoms with Gasteiger partial charge in [0, 0.05) is 24.8 Å². The van der Waals surface area contributed by atoms with Crippen molar-refractivity contribution in [1.29, 1.82) is 0 Å². The number of amides is 1. The molecule has 1 aliphatic carbocycles. The van der Waals surface area contributed by atoms with E-state index in [2.05, 4.69) is 35.4 Å². The molecule has 7 heteroatoms. The maximum absolute atomic E-state index is 13.1. The van der Waals surface area contributed by atoms with Crippen LogP contribution < -0.4 is 9.91 Å². The zero-order valence-electron chi connectivity index (χ0n) is 18.5. The van der Waals surface area contributed by atoms with Crippen molar-refractivity contribution in [3.63, 3.8) is 0 Å². The average molecular weight is 462 g/mol. The largest absolute Gasteiger partial charge is 0.407 e. The highest BCUT2D eigenvalue weighted by Gasteiger charge is 2.33. The number of allylic oxidation sites excluding steroid dienone is 4. The van der Waals surface area contributed by atoms with Gasteiger partial charge in [-0.25, -0.2) is 0 Å². The number of nitrogens with zero attached hydrogens (tertiary/aromatic N) is 3. The Balaban J connectivity index is 1.66. The number of hydrogen-bond acceptors (Lipinski definition) is 5. The maximum Gasteiger partial charge on any atom is 0.299 e. The lowest BCUT2D eigenvalue weighted by atomic mass is 9.92. The topological polar surface area (TPSA) is 62.2 Å². The molecule has 2 aromatic rings. The molecule has 0 radical (unpaired) electrons. The molecule has 4 rings (SSSR count). The Morgan fingerprint density at radius 3 is 2.42 bits per heavy atom. The summed E-state index contributed by atoms with van der Waals surface area (Å²) in [7, 11) is 4.01. The second-order valence-corrected chi connectivity index (χ2v) is 8.36. The van der Waals surface area contributed by atoms with Gasteiger partial charge in [0.05, 0.1) is 5.69 Å². The summed E-state index contributed by atoms with van der Waals surface area (Å²) in [6, 6.07) is 17.2. The van der Waals surface area contributed by atoms with Gasteiger partial charge in [0.25, 0.3) is 18.3 Å². The number of hydrazone groups is 1. The van der Waals surface area contributed by atoms with Crippen LogP contribution in [0.5, 0.6) is 0 Å². The molecule has 0 spiro atoms. The third kappa shape index (κ3) is 4.91. The van der Waals surface area contributed by atoms with Crippen molar-refractivity contribution in [3.05, 3.63) is 88.0 Å². The first kappa shape index (κ1) is 22.6. The number of ether oxygens (including phenoxy) is 1. The van der Waals surface area contributed by atoms with E-state index in [0.29, 0.717) is 17.1 Å². The van der Waals surface area contributed by atoms with E-state index in [1.54, 1.807) is 18.2 Å². The fourth-order valence-corrected chi connectivity index (χ4v) is 4.10. The number of hydrogen-bond donors (Lipinski definition) is 0. The first-order valence-corrected chi connectivity index (χ1v) is 11.0. The number of para-hydroxylation sites is 1. The molecule has 0 N–H and O–H groups in total. The number of halogens is 1. The van der Waals surface area contributed by atoms with E-state index in [1.165, 1.54) is 5.01 Å². The lowest BCUT2D eigenvalue weighted by molar-refractivity contribution is -0.121. The minimum atomic E-state index is -0.370. The molecule has 6 nitrogen and oxygen atoms in total. The molecule has 0 saturated heterocycles. The number of anilines is 2. The number of benzene rings is 2. The molecule has 1 aliphatic heterocycles. The third-order valence-electron chi connectivity index (χ3n) is 5.53. The minimum absolute atomic E-state index is 0.0359. The van der Waals surface area contributed by atoms with Crippen LogP contribution in [0.3, 0.4) is 0 Å². The predicted molar refractivity (Wildman–Crippen MR) is 132 cm³/mol. The predicted octanol–water partition coefficient (Wildman–Crippen LogP) is 5.27. The summed E-state index contributed by atoms with van der Waals surface area (Å²) in [5.74, 6) is -0.406. The van der Waals surface area contributed by atoms with Gasteiger partial charge in [0.2, 0.25) is 0 Å². The fraction of sp³-hybridized carbons (Fsp3) is 0.192. The Morgan fingerprint density at radius 1 is 1.03 bits per heavy atom. The Bertz CT molecular complexity index is 1180. The highest BCUT2D eigenvalue weighted by Crippen LogP contribution is 2.36. The van der Waals surface area contributed by atoms with E-state index >= 15 is 0 Å². The van der Waals surface area contributed by atoms with Crippen LogP contribution in [-0.4, -0.2) is 32.4 Å². The summed E-state index contributed by atoms with van der Waals surface area (Å²) >= 11 is 6.77. The van der Waals surface area contributed by atoms with Gasteiger partial charge in [0.15, 0.2) is 0 Å². The van der Waals surface area contributed by atoms with E-state index in [4.69, 9.17) is 16.3 Å². The molecular weight excluding hydrogens is 438 g/mol. The molecule has 0 atom stereocenters. The van der Waals surface area contributed by atoms with E-state index in [9.17, 15) is 9.59 Å². The SMILES string of the molecule is CN(C)c1ccc(C=C2CCCC(C=C3C(=O)N(c4ccccc4)N=C3OC=O)=C2Cl)cc1. The molecule has 0 saturated carbocycles. The first-order chi connectivity index (χ1) is 16.0. The van der Waals surface area contributed by atoms with Crippen molar-refractivity contribution >= 4 is 47.3 Å². The van der Waals surface area contributed by atoms with Gasteiger partial charge in [0.1, 0.15) is 5.57 Å². The molecule has 0 fully saturated rings. The summed E-state index contributed by atoms with van der Waals surface area (Å²) in [5.41, 5.74) is 4.80. The Labute approximate surface area is 198 Å². The van der Waals surface area contributed by atoms with Crippen molar-refractivity contribution in [1.82, 2.24) is 0 Å². The van der Waals surface area contributed by atoms with Gasteiger partial charge in [-0.1, -0.05) is 48.0 Å². The van der Waals surface area contributed by atoms with Gasteiger partial charge < -0.3 is 9.64 Å². The van der Waals surface area contributed by atoms with Gasteiger partial charge in [-0.3, -0.25) is 9.59 Å². The van der Waals surface area contributed by atoms with Crippen LogP contribution in [0.15, 0.2) is 87.5 Å². The standard InChI is InChI=1S/C26H24ClN3O3/c1-29(2)21-13-11-18(12-14-21)15-19-7-6-8-20(24(19)27)16-23-25(33-17-31)28-30(26(23)32)22-9-4-3-5-10-22/h3-5,9-17H,6-8H2,1-2H3. The van der Waals surface area contributed by atoms with Crippen molar-refractivity contribution < 1.29 is 14.3 Å². The van der Waals surface area contributed by atoms with E-state index < -0.39 is 0 Å². The summed E-state index contributed by atoms with van der Waals surface area (Å²) in [4.78, 5) is 26.2. The summed E-state index contributed by atoms with van der Waals surface area (Å²) in [5, 5.41) is 6.04. The molecule has 33 heavy (non-hydrogen) atoms. The van der Waals surface area contributed by atoms with Gasteiger partial charge >= 0.3 is 0 Å². The molecule has 0 unspecified atom stereocenters. The quantitative estimate of drug-likeness (QED) is 0.449. The summed E-state index contributed by atoms with van der Waals surface area (Å²) < 4.78 is 5.02. The number of carbonyl (C=O) groups is 2. The number of rotatable bonds is 5. The molecule has 168 valence electrons. The normalized spacial score (nSPS) is 18.7. The summed E-state index contributed by atoms with van der Waals surface area (Å²) in [6.07, 6.45) is 6.22. The zero-order valence-corrected chi connectivity index (χ0v) is 19.2. The third-order valence-corrected chi connectivity index (χ3v) is 6.02. The van der Waals surface area contributed by atoms with Crippen LogP contribution in [0.4, 0.5) is 11.4 Å². The Kier molecular flexibility index (Phi) is 6.75. The lowest BCUT2D eigenvalue weighted by Crippen LogP contribution is -2.21. The van der Waals surface area contributed by atoms with Crippen molar-refractivity contribution in [2.24, 2.45) is 5.10 Å². The second kappa shape index (κ2) is 9.88. The van der Waals surface area contributed by atoms with Gasteiger partial charge in [-0.2, -0.15) is 5.01 Å². The van der Waals surface area contributed by atoms with Crippen LogP contribution in [0, 0.1) is 0 Å². The monoisotopic (exact) mass is 461 g/mol. The van der Waals surface area contributed by atoms with Crippen molar-refractivity contribution in [2.75, 3.05) is 24.0 Å². The van der Waals surface area contributed by atoms with Crippen LogP contribution in [0.2, 0.25) is 0 Å². The second-order valence-electron chi connectivity index (χ2n) is 7.98. The van der Waals surface area contributed by atoms with E-state index in [-0.39, 0.29) is 23.9 Å². The zero-order chi connectivity index (χ0) is 23.4. The van der Waals surface area contributed by atoms with E-state index in [0.717, 1.165) is 35.2 Å². The Morgan fingerprint density at radius 2 is 1.76 bits per heavy atom. The molecule has 1 heterocycles. The molecule has 2 aromatic carbocycles. The van der Waals surface area contributed by atoms with Crippen LogP contribution in [-0.2, 0) is 14.3 Å². The Hall–Kier alpha value is -3.64.